The third-order valence-corrected chi connectivity index (χ3v) is 8.07. The van der Waals surface area contributed by atoms with Gasteiger partial charge in [0.2, 0.25) is 0 Å². The van der Waals surface area contributed by atoms with E-state index in [4.69, 9.17) is 4.42 Å². The molecule has 0 saturated carbocycles. The molecule has 2 heteroatoms. The molecule has 0 unspecified atom stereocenters. The Morgan fingerprint density at radius 2 is 0.857 bits per heavy atom. The fourth-order valence-electron chi connectivity index (χ4n) is 5.95. The topological polar surface area (TPSA) is 16.4 Å². The number of anilines is 3. The minimum absolute atomic E-state index is 0.880. The Hall–Kier alpha value is -5.60. The Labute approximate surface area is 244 Å². The van der Waals surface area contributed by atoms with Gasteiger partial charge in [-0.3, -0.25) is 0 Å². The van der Waals surface area contributed by atoms with Gasteiger partial charge in [-0.2, -0.15) is 0 Å². The summed E-state index contributed by atoms with van der Waals surface area (Å²) in [4.78, 5) is 2.30. The van der Waals surface area contributed by atoms with Crippen molar-refractivity contribution < 1.29 is 4.42 Å². The van der Waals surface area contributed by atoms with Crippen LogP contribution in [0, 0.1) is 0 Å². The maximum atomic E-state index is 6.56. The van der Waals surface area contributed by atoms with E-state index in [1.165, 1.54) is 27.6 Å². The second kappa shape index (κ2) is 10.1. The summed E-state index contributed by atoms with van der Waals surface area (Å²) in [6, 6.07) is 57.9. The van der Waals surface area contributed by atoms with Crippen molar-refractivity contribution in [3.05, 3.63) is 164 Å². The van der Waals surface area contributed by atoms with Gasteiger partial charge in [-0.1, -0.05) is 115 Å². The molecule has 1 aromatic heterocycles. The fraction of sp³-hybridized carbons (Fsp3) is 0. The summed E-state index contributed by atoms with van der Waals surface area (Å²) in [5.41, 5.74) is 9.84. The number of benzene rings is 7. The summed E-state index contributed by atoms with van der Waals surface area (Å²) >= 11 is 0. The average Bonchev–Trinajstić information content (AvgIpc) is 3.45. The second-order valence-corrected chi connectivity index (χ2v) is 10.6. The standard InChI is InChI=1S/C40H27NO/c1-3-9-28(10-4-1)30-15-20-33(21-16-30)41(34-22-17-31(18-23-34)29-11-5-2-6-12-29)35-24-26-37-38-25-19-32-13-7-8-14-36(32)40(38)42-39(37)27-35/h1-27H. The van der Waals surface area contributed by atoms with Crippen LogP contribution in [0.2, 0.25) is 0 Å². The Morgan fingerprint density at radius 3 is 1.48 bits per heavy atom. The Balaban J connectivity index is 1.26. The van der Waals surface area contributed by atoms with Gasteiger partial charge in [0.15, 0.2) is 0 Å². The molecule has 42 heavy (non-hydrogen) atoms. The zero-order valence-corrected chi connectivity index (χ0v) is 22.9. The van der Waals surface area contributed by atoms with E-state index in [9.17, 15) is 0 Å². The van der Waals surface area contributed by atoms with Crippen LogP contribution in [-0.2, 0) is 0 Å². The predicted molar refractivity (Wildman–Crippen MR) is 177 cm³/mol. The van der Waals surface area contributed by atoms with Crippen LogP contribution in [0.1, 0.15) is 0 Å². The van der Waals surface area contributed by atoms with Crippen LogP contribution in [0.15, 0.2) is 168 Å². The molecule has 0 radical (unpaired) electrons. The molecule has 7 aromatic carbocycles. The van der Waals surface area contributed by atoms with Crippen LogP contribution in [0.25, 0.3) is 55.0 Å². The molecule has 198 valence electrons. The van der Waals surface area contributed by atoms with Crippen molar-refractivity contribution in [3.8, 4) is 22.3 Å². The van der Waals surface area contributed by atoms with Crippen LogP contribution in [0.3, 0.4) is 0 Å². The molecule has 0 aliphatic heterocycles. The number of furan rings is 1. The predicted octanol–water partition coefficient (Wildman–Crippen LogP) is 11.5. The third-order valence-electron chi connectivity index (χ3n) is 8.07. The molecule has 0 atom stereocenters. The maximum Gasteiger partial charge on any atom is 0.143 e. The number of rotatable bonds is 5. The lowest BCUT2D eigenvalue weighted by atomic mass is 10.0. The van der Waals surface area contributed by atoms with Gasteiger partial charge in [0, 0.05) is 39.3 Å². The summed E-state index contributed by atoms with van der Waals surface area (Å²) in [6.07, 6.45) is 0. The summed E-state index contributed by atoms with van der Waals surface area (Å²) in [7, 11) is 0. The molecule has 8 aromatic rings. The fourth-order valence-corrected chi connectivity index (χ4v) is 5.95. The quantitative estimate of drug-likeness (QED) is 0.217. The normalized spacial score (nSPS) is 11.3. The molecular formula is C40H27NO. The molecule has 1 heterocycles. The molecule has 2 nitrogen and oxygen atoms in total. The van der Waals surface area contributed by atoms with E-state index in [0.717, 1.165) is 44.4 Å². The number of fused-ring (bicyclic) bond motifs is 5. The average molecular weight is 538 g/mol. The monoisotopic (exact) mass is 537 g/mol. The zero-order valence-electron chi connectivity index (χ0n) is 22.9. The first kappa shape index (κ1) is 24.2. The van der Waals surface area contributed by atoms with Gasteiger partial charge in [-0.25, -0.2) is 0 Å². The maximum absolute atomic E-state index is 6.56. The smallest absolute Gasteiger partial charge is 0.143 e. The molecule has 0 aliphatic carbocycles. The molecule has 0 bridgehead atoms. The molecule has 0 fully saturated rings. The second-order valence-electron chi connectivity index (χ2n) is 10.6. The Kier molecular flexibility index (Phi) is 5.82. The van der Waals surface area contributed by atoms with Gasteiger partial charge in [0.05, 0.1) is 0 Å². The highest BCUT2D eigenvalue weighted by Crippen LogP contribution is 2.40. The minimum atomic E-state index is 0.880. The first-order chi connectivity index (χ1) is 20.8. The summed E-state index contributed by atoms with van der Waals surface area (Å²) in [6.45, 7) is 0. The van der Waals surface area contributed by atoms with Crippen LogP contribution in [0.5, 0.6) is 0 Å². The lowest BCUT2D eigenvalue weighted by molar-refractivity contribution is 0.672. The van der Waals surface area contributed by atoms with Crippen molar-refractivity contribution in [2.75, 3.05) is 4.90 Å². The van der Waals surface area contributed by atoms with E-state index in [2.05, 4.69) is 169 Å². The van der Waals surface area contributed by atoms with Crippen LogP contribution in [0.4, 0.5) is 17.1 Å². The van der Waals surface area contributed by atoms with Crippen molar-refractivity contribution in [1.82, 2.24) is 0 Å². The van der Waals surface area contributed by atoms with Gasteiger partial charge in [0.1, 0.15) is 11.2 Å². The highest BCUT2D eigenvalue weighted by atomic mass is 16.3. The van der Waals surface area contributed by atoms with E-state index >= 15 is 0 Å². The van der Waals surface area contributed by atoms with Crippen molar-refractivity contribution in [3.63, 3.8) is 0 Å². The lowest BCUT2D eigenvalue weighted by Crippen LogP contribution is -2.09. The van der Waals surface area contributed by atoms with Crippen molar-refractivity contribution in [2.24, 2.45) is 0 Å². The van der Waals surface area contributed by atoms with E-state index in [1.807, 2.05) is 0 Å². The van der Waals surface area contributed by atoms with Crippen LogP contribution >= 0.6 is 0 Å². The number of hydrogen-bond donors (Lipinski definition) is 0. The highest BCUT2D eigenvalue weighted by Gasteiger charge is 2.17. The summed E-state index contributed by atoms with van der Waals surface area (Å²) in [5.74, 6) is 0. The summed E-state index contributed by atoms with van der Waals surface area (Å²) < 4.78 is 6.56. The lowest BCUT2D eigenvalue weighted by Gasteiger charge is -2.26. The van der Waals surface area contributed by atoms with E-state index in [-0.39, 0.29) is 0 Å². The number of hydrogen-bond acceptors (Lipinski definition) is 2. The van der Waals surface area contributed by atoms with Crippen LogP contribution < -0.4 is 4.90 Å². The molecule has 0 aliphatic rings. The number of nitrogens with zero attached hydrogens (tertiary/aromatic N) is 1. The van der Waals surface area contributed by atoms with E-state index in [1.54, 1.807) is 0 Å². The zero-order chi connectivity index (χ0) is 27.9. The highest BCUT2D eigenvalue weighted by molar-refractivity contribution is 6.15. The SMILES string of the molecule is c1ccc(-c2ccc(N(c3ccc(-c4ccccc4)cc3)c3ccc4c(c3)oc3c5ccccc5ccc43)cc2)cc1. The Bertz CT molecular complexity index is 2080. The first-order valence-electron chi connectivity index (χ1n) is 14.3. The minimum Gasteiger partial charge on any atom is -0.455 e. The van der Waals surface area contributed by atoms with Crippen molar-refractivity contribution in [2.45, 2.75) is 0 Å². The molecule has 0 amide bonds. The molecular weight excluding hydrogens is 510 g/mol. The van der Waals surface area contributed by atoms with Gasteiger partial charge >= 0.3 is 0 Å². The van der Waals surface area contributed by atoms with Gasteiger partial charge in [-0.15, -0.1) is 0 Å². The van der Waals surface area contributed by atoms with E-state index in [0.29, 0.717) is 0 Å². The third kappa shape index (κ3) is 4.22. The van der Waals surface area contributed by atoms with Gasteiger partial charge in [-0.05, 0) is 70.1 Å². The first-order valence-corrected chi connectivity index (χ1v) is 14.3. The van der Waals surface area contributed by atoms with Crippen molar-refractivity contribution in [1.29, 1.82) is 0 Å². The van der Waals surface area contributed by atoms with E-state index < -0.39 is 0 Å². The summed E-state index contributed by atoms with van der Waals surface area (Å²) in [5, 5.41) is 4.58. The molecule has 0 N–H and O–H groups in total. The van der Waals surface area contributed by atoms with Gasteiger partial charge < -0.3 is 9.32 Å². The van der Waals surface area contributed by atoms with Gasteiger partial charge in [0.25, 0.3) is 0 Å². The van der Waals surface area contributed by atoms with Crippen molar-refractivity contribution >= 4 is 49.8 Å². The Morgan fingerprint density at radius 1 is 0.357 bits per heavy atom. The van der Waals surface area contributed by atoms with Crippen LogP contribution in [-0.4, -0.2) is 0 Å². The molecule has 8 rings (SSSR count). The largest absolute Gasteiger partial charge is 0.455 e. The molecule has 0 spiro atoms. The molecule has 0 saturated heterocycles.